The Labute approximate surface area is 117 Å². The number of amides is 1. The maximum absolute atomic E-state index is 12.4. The highest BCUT2D eigenvalue weighted by molar-refractivity contribution is 5.92. The number of ether oxygens (including phenoxy) is 1. The van der Waals surface area contributed by atoms with Gasteiger partial charge >= 0.3 is 0 Å². The van der Waals surface area contributed by atoms with E-state index >= 15 is 0 Å². The summed E-state index contributed by atoms with van der Waals surface area (Å²) in [7, 11) is 1.59. The summed E-state index contributed by atoms with van der Waals surface area (Å²) in [4.78, 5) is 18.5. The number of carbonyl (C=O) groups excluding carboxylic acids is 1. The molecule has 2 aromatic heterocycles. The van der Waals surface area contributed by atoms with E-state index in [-0.39, 0.29) is 5.91 Å². The molecule has 0 aliphatic carbocycles. The molecule has 0 fully saturated rings. The summed E-state index contributed by atoms with van der Waals surface area (Å²) < 4.78 is 7.00. The normalized spacial score (nSPS) is 14.0. The molecule has 0 aromatic carbocycles. The van der Waals surface area contributed by atoms with Gasteiger partial charge in [-0.15, -0.1) is 5.10 Å². The summed E-state index contributed by atoms with van der Waals surface area (Å²) in [6.45, 7) is 3.72. The number of hydrogen-bond acceptors (Lipinski definition) is 4. The Kier molecular flexibility index (Phi) is 3.14. The summed E-state index contributed by atoms with van der Waals surface area (Å²) in [6, 6.07) is 7.35. The van der Waals surface area contributed by atoms with E-state index in [0.29, 0.717) is 31.2 Å². The summed E-state index contributed by atoms with van der Waals surface area (Å²) in [5.41, 5.74) is 2.32. The molecule has 104 valence electrons. The minimum atomic E-state index is -0.0416. The van der Waals surface area contributed by atoms with Crippen molar-refractivity contribution in [2.45, 2.75) is 20.0 Å². The molecule has 0 atom stereocenters. The zero-order valence-corrected chi connectivity index (χ0v) is 11.5. The van der Waals surface area contributed by atoms with Gasteiger partial charge in [-0.2, -0.15) is 0 Å². The minimum Gasteiger partial charge on any atom is -0.480 e. The molecule has 3 heterocycles. The number of aryl methyl sites for hydroxylation is 1. The van der Waals surface area contributed by atoms with Gasteiger partial charge in [0.2, 0.25) is 5.88 Å². The number of pyridine rings is 1. The van der Waals surface area contributed by atoms with Crippen LogP contribution in [0, 0.1) is 6.92 Å². The molecule has 20 heavy (non-hydrogen) atoms. The summed E-state index contributed by atoms with van der Waals surface area (Å²) >= 11 is 0. The Morgan fingerprint density at radius 3 is 2.95 bits per heavy atom. The molecule has 0 spiro atoms. The summed E-state index contributed by atoms with van der Waals surface area (Å²) in [6.07, 6.45) is 0. The van der Waals surface area contributed by atoms with Crippen molar-refractivity contribution in [1.82, 2.24) is 19.7 Å². The van der Waals surface area contributed by atoms with Crippen molar-refractivity contribution in [3.63, 3.8) is 0 Å². The van der Waals surface area contributed by atoms with Crippen LogP contribution in [0.1, 0.15) is 21.9 Å². The van der Waals surface area contributed by atoms with Gasteiger partial charge in [-0.05, 0) is 19.1 Å². The molecule has 1 aliphatic rings. The Morgan fingerprint density at radius 1 is 1.35 bits per heavy atom. The smallest absolute Gasteiger partial charge is 0.272 e. The number of carbonyl (C=O) groups is 1. The predicted octanol–water partition coefficient (Wildman–Crippen LogP) is 1.25. The SMILES string of the molecule is COc1cc2n(n1)CCN(C(=O)c1cccc(C)n1)C2. The molecule has 0 unspecified atom stereocenters. The lowest BCUT2D eigenvalue weighted by Gasteiger charge is -2.27. The van der Waals surface area contributed by atoms with Crippen LogP contribution in [0.3, 0.4) is 0 Å². The van der Waals surface area contributed by atoms with Crippen LogP contribution in [0.25, 0.3) is 0 Å². The van der Waals surface area contributed by atoms with E-state index in [9.17, 15) is 4.79 Å². The van der Waals surface area contributed by atoms with Crippen molar-refractivity contribution >= 4 is 5.91 Å². The van der Waals surface area contributed by atoms with E-state index in [0.717, 1.165) is 11.4 Å². The average Bonchev–Trinajstić information content (AvgIpc) is 2.88. The highest BCUT2D eigenvalue weighted by Gasteiger charge is 2.24. The topological polar surface area (TPSA) is 60.2 Å². The zero-order valence-electron chi connectivity index (χ0n) is 11.5. The van der Waals surface area contributed by atoms with Crippen LogP contribution >= 0.6 is 0 Å². The molecule has 0 saturated carbocycles. The van der Waals surface area contributed by atoms with Gasteiger partial charge in [0.25, 0.3) is 5.91 Å². The lowest BCUT2D eigenvalue weighted by Crippen LogP contribution is -2.38. The predicted molar refractivity (Wildman–Crippen MR) is 72.5 cm³/mol. The number of aromatic nitrogens is 3. The number of nitrogens with zero attached hydrogens (tertiary/aromatic N) is 4. The number of methoxy groups -OCH3 is 1. The van der Waals surface area contributed by atoms with E-state index in [4.69, 9.17) is 4.74 Å². The van der Waals surface area contributed by atoms with Crippen LogP contribution in [-0.4, -0.2) is 39.2 Å². The first kappa shape index (κ1) is 12.7. The standard InChI is InChI=1S/C14H16N4O2/c1-10-4-3-5-12(15-10)14(19)17-6-7-18-11(9-17)8-13(16-18)20-2/h3-5,8H,6-7,9H2,1-2H3. The molecule has 0 saturated heterocycles. The molecular formula is C14H16N4O2. The molecule has 1 amide bonds. The second-order valence-electron chi connectivity index (χ2n) is 4.79. The fourth-order valence-electron chi connectivity index (χ4n) is 2.34. The largest absolute Gasteiger partial charge is 0.480 e. The molecule has 0 radical (unpaired) electrons. The highest BCUT2D eigenvalue weighted by Crippen LogP contribution is 2.19. The van der Waals surface area contributed by atoms with Crippen molar-refractivity contribution in [2.75, 3.05) is 13.7 Å². The third-order valence-electron chi connectivity index (χ3n) is 3.38. The Bertz CT molecular complexity index is 650. The van der Waals surface area contributed by atoms with Crippen LogP contribution in [0.15, 0.2) is 24.3 Å². The third kappa shape index (κ3) is 2.24. The average molecular weight is 272 g/mol. The van der Waals surface area contributed by atoms with Gasteiger partial charge in [-0.25, -0.2) is 4.98 Å². The molecule has 3 rings (SSSR count). The van der Waals surface area contributed by atoms with Crippen molar-refractivity contribution in [2.24, 2.45) is 0 Å². The second kappa shape index (κ2) is 4.96. The Morgan fingerprint density at radius 2 is 2.20 bits per heavy atom. The molecule has 1 aliphatic heterocycles. The van der Waals surface area contributed by atoms with Crippen LogP contribution in [0.4, 0.5) is 0 Å². The van der Waals surface area contributed by atoms with E-state index in [1.165, 1.54) is 0 Å². The van der Waals surface area contributed by atoms with Gasteiger partial charge < -0.3 is 9.64 Å². The van der Waals surface area contributed by atoms with Crippen molar-refractivity contribution in [1.29, 1.82) is 0 Å². The van der Waals surface area contributed by atoms with Crippen LogP contribution in [0.5, 0.6) is 5.88 Å². The minimum absolute atomic E-state index is 0.0416. The molecule has 6 heteroatoms. The molecule has 2 aromatic rings. The van der Waals surface area contributed by atoms with E-state index in [1.807, 2.05) is 29.8 Å². The Balaban J connectivity index is 1.81. The van der Waals surface area contributed by atoms with Gasteiger partial charge in [-0.1, -0.05) is 6.07 Å². The summed E-state index contributed by atoms with van der Waals surface area (Å²) in [5, 5.41) is 4.29. The van der Waals surface area contributed by atoms with E-state index in [1.54, 1.807) is 18.1 Å². The van der Waals surface area contributed by atoms with Gasteiger partial charge in [0, 0.05) is 18.3 Å². The van der Waals surface area contributed by atoms with Gasteiger partial charge in [0.1, 0.15) is 5.69 Å². The number of fused-ring (bicyclic) bond motifs is 1. The van der Waals surface area contributed by atoms with Crippen LogP contribution < -0.4 is 4.74 Å². The zero-order chi connectivity index (χ0) is 14.1. The third-order valence-corrected chi connectivity index (χ3v) is 3.38. The first-order valence-electron chi connectivity index (χ1n) is 6.51. The summed E-state index contributed by atoms with van der Waals surface area (Å²) in [5.74, 6) is 0.545. The Hall–Kier alpha value is -2.37. The fourth-order valence-corrected chi connectivity index (χ4v) is 2.34. The van der Waals surface area contributed by atoms with E-state index < -0.39 is 0 Å². The first-order chi connectivity index (χ1) is 9.67. The van der Waals surface area contributed by atoms with E-state index in [2.05, 4.69) is 10.1 Å². The monoisotopic (exact) mass is 272 g/mol. The molecule has 0 N–H and O–H groups in total. The molecular weight excluding hydrogens is 256 g/mol. The molecule has 0 bridgehead atoms. The number of rotatable bonds is 2. The number of hydrogen-bond donors (Lipinski definition) is 0. The lowest BCUT2D eigenvalue weighted by molar-refractivity contribution is 0.0700. The molecule has 6 nitrogen and oxygen atoms in total. The van der Waals surface area contributed by atoms with Crippen molar-refractivity contribution in [3.05, 3.63) is 41.3 Å². The first-order valence-corrected chi connectivity index (χ1v) is 6.51. The maximum Gasteiger partial charge on any atom is 0.272 e. The highest BCUT2D eigenvalue weighted by atomic mass is 16.5. The van der Waals surface area contributed by atoms with Gasteiger partial charge in [0.05, 0.1) is 25.9 Å². The fraction of sp³-hybridized carbons (Fsp3) is 0.357. The lowest BCUT2D eigenvalue weighted by atomic mass is 10.2. The maximum atomic E-state index is 12.4. The quantitative estimate of drug-likeness (QED) is 0.825. The van der Waals surface area contributed by atoms with Crippen molar-refractivity contribution < 1.29 is 9.53 Å². The van der Waals surface area contributed by atoms with Crippen LogP contribution in [0.2, 0.25) is 0 Å². The second-order valence-corrected chi connectivity index (χ2v) is 4.79. The van der Waals surface area contributed by atoms with Gasteiger partial charge in [-0.3, -0.25) is 9.48 Å². The van der Waals surface area contributed by atoms with Crippen molar-refractivity contribution in [3.8, 4) is 5.88 Å². The van der Waals surface area contributed by atoms with Crippen LogP contribution in [-0.2, 0) is 13.1 Å². The van der Waals surface area contributed by atoms with Gasteiger partial charge in [0.15, 0.2) is 0 Å².